The van der Waals surface area contributed by atoms with Gasteiger partial charge in [0.05, 0.1) is 9.40 Å². The lowest BCUT2D eigenvalue weighted by molar-refractivity contribution is 0.486. The Morgan fingerprint density at radius 1 is 1.55 bits per heavy atom. The van der Waals surface area contributed by atoms with E-state index in [9.17, 15) is 10.0 Å². The van der Waals surface area contributed by atoms with E-state index in [4.69, 9.17) is 0 Å². The van der Waals surface area contributed by atoms with E-state index in [2.05, 4.69) is 5.18 Å². The molecule has 0 aromatic carbocycles. The van der Waals surface area contributed by atoms with E-state index in [0.717, 1.165) is 9.40 Å². The minimum Gasteiger partial charge on any atom is -0.504 e. The highest BCUT2D eigenvalue weighted by atomic mass is 32.1. The number of hydrogen-bond acceptors (Lipinski definition) is 5. The third kappa shape index (κ3) is 0.849. The third-order valence-electron chi connectivity index (χ3n) is 1.34. The summed E-state index contributed by atoms with van der Waals surface area (Å²) in [6, 6.07) is 1.86. The van der Waals surface area contributed by atoms with Gasteiger partial charge in [-0.15, -0.1) is 27.6 Å². The highest BCUT2D eigenvalue weighted by Gasteiger charge is 2.11. The Bertz CT molecular complexity index is 404. The first-order valence-corrected chi connectivity index (χ1v) is 4.55. The van der Waals surface area contributed by atoms with Crippen molar-refractivity contribution in [2.75, 3.05) is 0 Å². The van der Waals surface area contributed by atoms with E-state index in [1.165, 1.54) is 22.7 Å². The molecule has 5 heteroatoms. The number of nitrogens with zero attached hydrogens (tertiary/aromatic N) is 1. The predicted molar refractivity (Wildman–Crippen MR) is 46.8 cm³/mol. The van der Waals surface area contributed by atoms with Gasteiger partial charge < -0.3 is 5.11 Å². The molecule has 0 spiro atoms. The second kappa shape index (κ2) is 2.28. The quantitative estimate of drug-likeness (QED) is 0.694. The molecule has 11 heavy (non-hydrogen) atoms. The molecule has 0 unspecified atom stereocenters. The zero-order valence-corrected chi connectivity index (χ0v) is 6.91. The summed E-state index contributed by atoms with van der Waals surface area (Å²) in [5, 5.41) is 14.1. The number of hydrogen-bond donors (Lipinski definition) is 1. The maximum Gasteiger partial charge on any atom is 0.204 e. The minimum atomic E-state index is 0.0231. The van der Waals surface area contributed by atoms with E-state index in [-0.39, 0.29) is 10.8 Å². The van der Waals surface area contributed by atoms with Gasteiger partial charge in [-0.3, -0.25) is 0 Å². The van der Waals surface area contributed by atoms with Crippen LogP contribution in [0.4, 0.5) is 5.00 Å². The van der Waals surface area contributed by atoms with Gasteiger partial charge in [-0.25, -0.2) is 0 Å². The Hall–Kier alpha value is -0.940. The van der Waals surface area contributed by atoms with Gasteiger partial charge >= 0.3 is 0 Å². The Balaban J connectivity index is 2.86. The fourth-order valence-electron chi connectivity index (χ4n) is 0.862. The summed E-state index contributed by atoms with van der Waals surface area (Å²) in [5.41, 5.74) is 0. The summed E-state index contributed by atoms with van der Waals surface area (Å²) in [4.78, 5) is 10.1. The van der Waals surface area contributed by atoms with Crippen molar-refractivity contribution in [2.24, 2.45) is 5.18 Å². The lowest BCUT2D eigenvalue weighted by atomic mass is 10.5. The topological polar surface area (TPSA) is 49.7 Å². The van der Waals surface area contributed by atoms with Crippen LogP contribution >= 0.6 is 22.7 Å². The first kappa shape index (κ1) is 6.75. The lowest BCUT2D eigenvalue weighted by Crippen LogP contribution is -1.51. The fraction of sp³-hybridized carbons (Fsp3) is 0. The van der Waals surface area contributed by atoms with Gasteiger partial charge in [0.25, 0.3) is 0 Å². The zero-order valence-electron chi connectivity index (χ0n) is 5.27. The van der Waals surface area contributed by atoms with E-state index in [1.54, 1.807) is 0 Å². The predicted octanol–water partition coefficient (Wildman–Crippen LogP) is 3.07. The summed E-state index contributed by atoms with van der Waals surface area (Å²) in [7, 11) is 0. The van der Waals surface area contributed by atoms with Crippen LogP contribution in [-0.4, -0.2) is 5.11 Å². The molecule has 0 aliphatic heterocycles. The second-order valence-electron chi connectivity index (χ2n) is 1.96. The van der Waals surface area contributed by atoms with Crippen LogP contribution in [0.2, 0.25) is 0 Å². The minimum absolute atomic E-state index is 0.0231. The summed E-state index contributed by atoms with van der Waals surface area (Å²) in [6.07, 6.45) is 0. The first-order valence-electron chi connectivity index (χ1n) is 2.85. The molecule has 2 aromatic heterocycles. The fourth-order valence-corrected chi connectivity index (χ4v) is 2.78. The van der Waals surface area contributed by atoms with Gasteiger partial charge in [0, 0.05) is 0 Å². The Kier molecular flexibility index (Phi) is 1.40. The van der Waals surface area contributed by atoms with Crippen LogP contribution in [0.3, 0.4) is 0 Å². The zero-order chi connectivity index (χ0) is 7.84. The normalized spacial score (nSPS) is 10.5. The molecule has 0 atom stereocenters. The van der Waals surface area contributed by atoms with Crippen molar-refractivity contribution in [3.05, 3.63) is 16.4 Å². The van der Waals surface area contributed by atoms with Crippen LogP contribution in [0.15, 0.2) is 16.6 Å². The molecule has 0 amide bonds. The smallest absolute Gasteiger partial charge is 0.204 e. The molecule has 3 nitrogen and oxygen atoms in total. The molecular weight excluding hydrogens is 182 g/mol. The van der Waals surface area contributed by atoms with E-state index in [1.807, 2.05) is 11.4 Å². The second-order valence-corrected chi connectivity index (χ2v) is 3.91. The maximum atomic E-state index is 10.1. The average molecular weight is 185 g/mol. The summed E-state index contributed by atoms with van der Waals surface area (Å²) < 4.78 is 1.67. The van der Waals surface area contributed by atoms with Gasteiger partial charge in [0.2, 0.25) is 5.00 Å². The van der Waals surface area contributed by atoms with Crippen LogP contribution in [0.1, 0.15) is 0 Å². The molecule has 56 valence electrons. The van der Waals surface area contributed by atoms with Crippen molar-refractivity contribution in [1.29, 1.82) is 0 Å². The molecule has 0 aliphatic rings. The molecule has 1 N–H and O–H groups in total. The molecule has 0 bridgehead atoms. The summed E-state index contributed by atoms with van der Waals surface area (Å²) in [6.45, 7) is 0. The van der Waals surface area contributed by atoms with Crippen molar-refractivity contribution < 1.29 is 5.11 Å². The molecule has 0 saturated carbocycles. The number of thiophene rings is 2. The first-order chi connectivity index (χ1) is 5.33. The van der Waals surface area contributed by atoms with Crippen LogP contribution in [0, 0.1) is 4.91 Å². The van der Waals surface area contributed by atoms with Crippen LogP contribution < -0.4 is 0 Å². The van der Waals surface area contributed by atoms with Crippen molar-refractivity contribution >= 4 is 37.1 Å². The number of aromatic hydroxyl groups is 1. The number of nitroso groups, excluding NO2 is 1. The van der Waals surface area contributed by atoms with E-state index >= 15 is 0 Å². The standard InChI is InChI=1S/C6H3NO2S2/c8-4-5-3(1-2-10-5)11-6(4)7-9/h1-2,8H. The maximum absolute atomic E-state index is 10.1. The Morgan fingerprint density at radius 3 is 3.00 bits per heavy atom. The number of rotatable bonds is 1. The summed E-state index contributed by atoms with van der Waals surface area (Å²) in [5.74, 6) is 0.0231. The Labute approximate surface area is 69.9 Å². The molecule has 0 aliphatic carbocycles. The molecule has 0 radical (unpaired) electrons. The number of fused-ring (bicyclic) bond motifs is 1. The molecule has 2 heterocycles. The van der Waals surface area contributed by atoms with Crippen molar-refractivity contribution in [1.82, 2.24) is 0 Å². The van der Waals surface area contributed by atoms with Crippen LogP contribution in [0.25, 0.3) is 9.40 Å². The van der Waals surface area contributed by atoms with E-state index in [0.29, 0.717) is 0 Å². The molecule has 2 aromatic rings. The summed E-state index contributed by atoms with van der Waals surface area (Å²) >= 11 is 2.62. The van der Waals surface area contributed by atoms with Crippen molar-refractivity contribution in [2.45, 2.75) is 0 Å². The van der Waals surface area contributed by atoms with E-state index < -0.39 is 0 Å². The SMILES string of the molecule is O=Nc1sc2ccsc2c1O. The highest BCUT2D eigenvalue weighted by molar-refractivity contribution is 7.29. The van der Waals surface area contributed by atoms with Crippen molar-refractivity contribution in [3.63, 3.8) is 0 Å². The van der Waals surface area contributed by atoms with Crippen LogP contribution in [0.5, 0.6) is 5.75 Å². The molecular formula is C6H3NO2S2. The van der Waals surface area contributed by atoms with Gasteiger partial charge in [-0.05, 0) is 16.6 Å². The molecule has 0 saturated heterocycles. The molecule has 0 fully saturated rings. The van der Waals surface area contributed by atoms with Crippen molar-refractivity contribution in [3.8, 4) is 5.75 Å². The molecule has 2 rings (SSSR count). The lowest BCUT2D eigenvalue weighted by Gasteiger charge is -1.81. The third-order valence-corrected chi connectivity index (χ3v) is 3.41. The largest absolute Gasteiger partial charge is 0.504 e. The van der Waals surface area contributed by atoms with Gasteiger partial charge in [0.1, 0.15) is 0 Å². The Morgan fingerprint density at radius 2 is 2.36 bits per heavy atom. The van der Waals surface area contributed by atoms with Gasteiger partial charge in [0.15, 0.2) is 5.75 Å². The van der Waals surface area contributed by atoms with Gasteiger partial charge in [-0.1, -0.05) is 0 Å². The monoisotopic (exact) mass is 185 g/mol. The average Bonchev–Trinajstić information content (AvgIpc) is 2.53. The van der Waals surface area contributed by atoms with Gasteiger partial charge in [-0.2, -0.15) is 0 Å². The highest BCUT2D eigenvalue weighted by Crippen LogP contribution is 2.45. The van der Waals surface area contributed by atoms with Crippen LogP contribution in [-0.2, 0) is 0 Å².